The van der Waals surface area contributed by atoms with Crippen molar-refractivity contribution in [2.75, 3.05) is 26.9 Å². The highest BCUT2D eigenvalue weighted by Crippen LogP contribution is 2.07. The van der Waals surface area contributed by atoms with Crippen molar-refractivity contribution in [1.82, 2.24) is 10.0 Å². The Hall–Kier alpha value is -0.540. The van der Waals surface area contributed by atoms with Crippen molar-refractivity contribution < 1.29 is 4.74 Å². The number of hydrogen-bond donors (Lipinski definition) is 0. The predicted octanol–water partition coefficient (Wildman–Crippen LogP) is 0.657. The summed E-state index contributed by atoms with van der Waals surface area (Å²) in [5.41, 5.74) is 1.07. The van der Waals surface area contributed by atoms with Crippen LogP contribution in [-0.2, 0) is 4.74 Å². The van der Waals surface area contributed by atoms with E-state index >= 15 is 0 Å². The summed E-state index contributed by atoms with van der Waals surface area (Å²) >= 11 is 0. The molecule has 0 aliphatic carbocycles. The van der Waals surface area contributed by atoms with Gasteiger partial charge >= 0.3 is 0 Å². The zero-order valence-corrected chi connectivity index (χ0v) is 6.63. The molecule has 0 aromatic rings. The van der Waals surface area contributed by atoms with E-state index in [1.54, 1.807) is 0 Å². The second-order valence-electron chi connectivity index (χ2n) is 2.55. The molecular weight excluding hydrogens is 128 g/mol. The van der Waals surface area contributed by atoms with Crippen LogP contribution in [0.2, 0.25) is 0 Å². The van der Waals surface area contributed by atoms with Crippen LogP contribution in [0.1, 0.15) is 6.92 Å². The van der Waals surface area contributed by atoms with Crippen LogP contribution >= 0.6 is 0 Å². The van der Waals surface area contributed by atoms with E-state index in [1.807, 2.05) is 19.0 Å². The largest absolute Gasteiger partial charge is 0.363 e. The summed E-state index contributed by atoms with van der Waals surface area (Å²) in [7, 11) is 1.99. The number of hydrazine groups is 1. The van der Waals surface area contributed by atoms with Gasteiger partial charge in [-0.1, -0.05) is 6.58 Å². The molecule has 0 atom stereocenters. The van der Waals surface area contributed by atoms with E-state index in [9.17, 15) is 0 Å². The van der Waals surface area contributed by atoms with Gasteiger partial charge in [0.15, 0.2) is 0 Å². The molecule has 0 unspecified atom stereocenters. The maximum absolute atomic E-state index is 5.21. The lowest BCUT2D eigenvalue weighted by atomic mass is 10.5. The summed E-state index contributed by atoms with van der Waals surface area (Å²) in [6.07, 6.45) is 0. The molecule has 1 aliphatic heterocycles. The van der Waals surface area contributed by atoms with Gasteiger partial charge in [-0.3, -0.25) is 0 Å². The second-order valence-corrected chi connectivity index (χ2v) is 2.55. The molecule has 0 N–H and O–H groups in total. The van der Waals surface area contributed by atoms with Crippen LogP contribution in [0.4, 0.5) is 0 Å². The maximum atomic E-state index is 5.21. The first-order valence-corrected chi connectivity index (χ1v) is 3.43. The Balaban J connectivity index is 2.47. The molecule has 1 saturated heterocycles. The fraction of sp³-hybridized carbons (Fsp3) is 0.714. The third-order valence-corrected chi connectivity index (χ3v) is 1.58. The Morgan fingerprint density at radius 2 is 2.30 bits per heavy atom. The molecule has 0 spiro atoms. The number of hydrogen-bond acceptors (Lipinski definition) is 3. The minimum absolute atomic E-state index is 0.673. The van der Waals surface area contributed by atoms with Crippen molar-refractivity contribution in [2.24, 2.45) is 0 Å². The molecule has 0 saturated carbocycles. The lowest BCUT2D eigenvalue weighted by Gasteiger charge is -2.37. The van der Waals surface area contributed by atoms with Crippen LogP contribution < -0.4 is 0 Å². The van der Waals surface area contributed by atoms with Crippen molar-refractivity contribution in [3.8, 4) is 0 Å². The molecule has 0 radical (unpaired) electrons. The van der Waals surface area contributed by atoms with Gasteiger partial charge < -0.3 is 9.75 Å². The Labute approximate surface area is 61.8 Å². The summed E-state index contributed by atoms with van der Waals surface area (Å²) < 4.78 is 5.21. The van der Waals surface area contributed by atoms with Crippen LogP contribution in [0.25, 0.3) is 0 Å². The summed E-state index contributed by atoms with van der Waals surface area (Å²) in [6, 6.07) is 0. The van der Waals surface area contributed by atoms with Gasteiger partial charge in [-0.15, -0.1) is 0 Å². The average molecular weight is 142 g/mol. The molecule has 1 fully saturated rings. The zero-order valence-electron chi connectivity index (χ0n) is 6.63. The number of ether oxygens (including phenoxy) is 1. The Bertz CT molecular complexity index is 136. The van der Waals surface area contributed by atoms with Crippen molar-refractivity contribution in [2.45, 2.75) is 6.92 Å². The molecule has 1 aliphatic rings. The highest BCUT2D eigenvalue weighted by Gasteiger charge is 2.14. The zero-order chi connectivity index (χ0) is 7.56. The molecule has 3 nitrogen and oxygen atoms in total. The van der Waals surface area contributed by atoms with Gasteiger partial charge in [-0.25, -0.2) is 0 Å². The molecular formula is C7H14N2O. The van der Waals surface area contributed by atoms with Crippen molar-refractivity contribution in [3.63, 3.8) is 0 Å². The van der Waals surface area contributed by atoms with E-state index in [0.717, 1.165) is 18.8 Å². The molecule has 0 aromatic heterocycles. The van der Waals surface area contributed by atoms with Gasteiger partial charge in [0.05, 0.1) is 13.2 Å². The van der Waals surface area contributed by atoms with Crippen LogP contribution in [0.3, 0.4) is 0 Å². The van der Waals surface area contributed by atoms with Gasteiger partial charge in [0.25, 0.3) is 0 Å². The van der Waals surface area contributed by atoms with E-state index in [0.29, 0.717) is 6.73 Å². The van der Waals surface area contributed by atoms with Gasteiger partial charge in [0, 0.05) is 12.7 Å². The van der Waals surface area contributed by atoms with Crippen LogP contribution in [0, 0.1) is 0 Å². The minimum Gasteiger partial charge on any atom is -0.363 e. The van der Waals surface area contributed by atoms with E-state index in [2.05, 4.69) is 11.6 Å². The monoisotopic (exact) mass is 142 g/mol. The minimum atomic E-state index is 0.673. The lowest BCUT2D eigenvalue weighted by molar-refractivity contribution is -0.123. The molecule has 10 heavy (non-hydrogen) atoms. The first kappa shape index (κ1) is 7.57. The molecule has 58 valence electrons. The van der Waals surface area contributed by atoms with E-state index in [1.165, 1.54) is 0 Å². The van der Waals surface area contributed by atoms with Crippen LogP contribution in [-0.4, -0.2) is 36.9 Å². The third-order valence-electron chi connectivity index (χ3n) is 1.58. The van der Waals surface area contributed by atoms with Crippen molar-refractivity contribution in [1.29, 1.82) is 0 Å². The standard InChI is InChI=1S/C7H14N2O/c1-7(2)9-4-5-10-6-8(9)3/h1,4-6H2,2-3H3. The quantitative estimate of drug-likeness (QED) is 0.535. The Kier molecular flexibility index (Phi) is 2.29. The highest BCUT2D eigenvalue weighted by atomic mass is 16.5. The molecule has 1 rings (SSSR count). The molecule has 0 amide bonds. The van der Waals surface area contributed by atoms with Crippen LogP contribution in [0.5, 0.6) is 0 Å². The maximum Gasteiger partial charge on any atom is 0.116 e. The topological polar surface area (TPSA) is 15.7 Å². The predicted molar refractivity (Wildman–Crippen MR) is 40.1 cm³/mol. The molecule has 1 heterocycles. The average Bonchev–Trinajstić information content (AvgIpc) is 1.88. The van der Waals surface area contributed by atoms with Gasteiger partial charge in [0.2, 0.25) is 0 Å². The Morgan fingerprint density at radius 3 is 2.70 bits per heavy atom. The fourth-order valence-electron chi connectivity index (χ4n) is 1.07. The molecule has 0 bridgehead atoms. The summed E-state index contributed by atoms with van der Waals surface area (Å²) in [5, 5.41) is 4.13. The molecule has 0 aromatic carbocycles. The van der Waals surface area contributed by atoms with E-state index in [4.69, 9.17) is 4.74 Å². The second kappa shape index (κ2) is 3.03. The number of rotatable bonds is 1. The summed E-state index contributed by atoms with van der Waals surface area (Å²) in [5.74, 6) is 0. The van der Waals surface area contributed by atoms with E-state index in [-0.39, 0.29) is 0 Å². The first-order valence-electron chi connectivity index (χ1n) is 3.43. The number of nitrogens with zero attached hydrogens (tertiary/aromatic N) is 2. The van der Waals surface area contributed by atoms with Gasteiger partial charge in [-0.2, -0.15) is 5.01 Å². The van der Waals surface area contributed by atoms with Gasteiger partial charge in [0.1, 0.15) is 6.73 Å². The summed E-state index contributed by atoms with van der Waals surface area (Å²) in [6.45, 7) is 8.26. The third kappa shape index (κ3) is 1.49. The normalized spacial score (nSPS) is 21.2. The van der Waals surface area contributed by atoms with E-state index < -0.39 is 0 Å². The van der Waals surface area contributed by atoms with Crippen LogP contribution in [0.15, 0.2) is 12.3 Å². The van der Waals surface area contributed by atoms with Gasteiger partial charge in [-0.05, 0) is 6.92 Å². The first-order chi connectivity index (χ1) is 4.72. The number of allylic oxidation sites excluding steroid dienone is 1. The Morgan fingerprint density at radius 1 is 1.60 bits per heavy atom. The smallest absolute Gasteiger partial charge is 0.116 e. The highest BCUT2D eigenvalue weighted by molar-refractivity contribution is 4.86. The van der Waals surface area contributed by atoms with Crippen molar-refractivity contribution in [3.05, 3.63) is 12.3 Å². The lowest BCUT2D eigenvalue weighted by Crippen LogP contribution is -2.45. The summed E-state index contributed by atoms with van der Waals surface area (Å²) in [4.78, 5) is 0. The SMILES string of the molecule is C=C(C)N1CCOCN1C. The fourth-order valence-corrected chi connectivity index (χ4v) is 1.07. The molecule has 3 heteroatoms. The van der Waals surface area contributed by atoms with Crippen molar-refractivity contribution >= 4 is 0 Å².